The minimum absolute atomic E-state index is 0.0515. The number of piperazine rings is 1. The Balaban J connectivity index is 1.46. The van der Waals surface area contributed by atoms with Gasteiger partial charge in [-0.3, -0.25) is 23.3 Å². The maximum Gasteiger partial charge on any atom is 0.332 e. The largest absolute Gasteiger partial charge is 0.339 e. The topological polar surface area (TPSA) is 85.4 Å². The van der Waals surface area contributed by atoms with Crippen molar-refractivity contribution in [2.45, 2.75) is 6.54 Å². The highest BCUT2D eigenvalue weighted by Gasteiger charge is 2.27. The maximum atomic E-state index is 13.2. The number of imidazole rings is 1. The number of carbonyl (C=O) groups is 1. The third-order valence-corrected chi connectivity index (χ3v) is 7.07. The molecule has 1 amide bonds. The highest BCUT2D eigenvalue weighted by Crippen LogP contribution is 2.25. The number of nitrogens with zero attached hydrogens (tertiary/aromatic N) is 6. The summed E-state index contributed by atoms with van der Waals surface area (Å²) in [6.07, 6.45) is 3.41. The van der Waals surface area contributed by atoms with E-state index in [2.05, 4.69) is 0 Å². The van der Waals surface area contributed by atoms with Crippen molar-refractivity contribution in [2.75, 3.05) is 31.1 Å². The summed E-state index contributed by atoms with van der Waals surface area (Å²) in [6, 6.07) is 17.1. The highest BCUT2D eigenvalue weighted by molar-refractivity contribution is 6.31. The van der Waals surface area contributed by atoms with Crippen molar-refractivity contribution < 1.29 is 4.79 Å². The summed E-state index contributed by atoms with van der Waals surface area (Å²) in [5, 5.41) is 0.581. The fourth-order valence-electron chi connectivity index (χ4n) is 4.59. The molecule has 0 radical (unpaired) electrons. The maximum absolute atomic E-state index is 13.2. The summed E-state index contributed by atoms with van der Waals surface area (Å²) in [5.41, 5.74) is 1.61. The van der Waals surface area contributed by atoms with E-state index in [-0.39, 0.29) is 5.91 Å². The Labute approximate surface area is 218 Å². The first-order valence-electron chi connectivity index (χ1n) is 12.0. The van der Waals surface area contributed by atoms with E-state index in [1.807, 2.05) is 64.1 Å². The number of aromatic nitrogens is 4. The smallest absolute Gasteiger partial charge is 0.332 e. The van der Waals surface area contributed by atoms with Crippen LogP contribution in [0.5, 0.6) is 0 Å². The van der Waals surface area contributed by atoms with Gasteiger partial charge in [-0.1, -0.05) is 60.1 Å². The quantitative estimate of drug-likeness (QED) is 0.379. The van der Waals surface area contributed by atoms with Crippen molar-refractivity contribution in [3.05, 3.63) is 97.7 Å². The van der Waals surface area contributed by atoms with E-state index < -0.39 is 11.2 Å². The molecule has 0 bridgehead atoms. The van der Waals surface area contributed by atoms with Crippen LogP contribution in [-0.4, -0.2) is 55.7 Å². The Hall–Kier alpha value is -4.11. The monoisotopic (exact) mass is 518 g/mol. The molecule has 2 aromatic heterocycles. The molecule has 37 heavy (non-hydrogen) atoms. The van der Waals surface area contributed by atoms with Gasteiger partial charge in [-0.25, -0.2) is 4.79 Å². The van der Waals surface area contributed by atoms with Crippen LogP contribution in [0.2, 0.25) is 5.02 Å². The third-order valence-electron chi connectivity index (χ3n) is 6.71. The predicted molar refractivity (Wildman–Crippen MR) is 145 cm³/mol. The van der Waals surface area contributed by atoms with Gasteiger partial charge >= 0.3 is 5.69 Å². The summed E-state index contributed by atoms with van der Waals surface area (Å²) >= 11 is 6.45. The minimum atomic E-state index is -0.438. The first kappa shape index (κ1) is 24.6. The average molecular weight is 519 g/mol. The van der Waals surface area contributed by atoms with Gasteiger partial charge in [0, 0.05) is 51.4 Å². The SMILES string of the molecule is Cn1c(=O)c2c(nc(N3CCN(C(=O)/C=C/c4ccccc4)CC3)n2Cc2ccccc2Cl)n(C)c1=O. The number of benzene rings is 2. The van der Waals surface area contributed by atoms with Crippen LogP contribution in [0.3, 0.4) is 0 Å². The van der Waals surface area contributed by atoms with Crippen LogP contribution >= 0.6 is 11.6 Å². The molecule has 0 unspecified atom stereocenters. The van der Waals surface area contributed by atoms with Gasteiger partial charge < -0.3 is 9.80 Å². The molecule has 0 aliphatic carbocycles. The zero-order valence-corrected chi connectivity index (χ0v) is 21.4. The van der Waals surface area contributed by atoms with Gasteiger partial charge in [0.15, 0.2) is 11.2 Å². The van der Waals surface area contributed by atoms with E-state index in [0.29, 0.717) is 54.9 Å². The molecule has 9 nitrogen and oxygen atoms in total. The first-order chi connectivity index (χ1) is 17.8. The number of halogens is 1. The van der Waals surface area contributed by atoms with Gasteiger partial charge in [0.25, 0.3) is 5.56 Å². The molecular formula is C27H27ClN6O3. The van der Waals surface area contributed by atoms with Gasteiger partial charge in [-0.2, -0.15) is 4.98 Å². The molecule has 10 heteroatoms. The number of carbonyl (C=O) groups excluding carboxylic acids is 1. The Bertz CT molecular complexity index is 1610. The molecule has 5 rings (SSSR count). The van der Waals surface area contributed by atoms with Crippen LogP contribution in [0.4, 0.5) is 5.95 Å². The number of rotatable bonds is 5. The van der Waals surface area contributed by atoms with E-state index in [1.54, 1.807) is 24.1 Å². The zero-order valence-electron chi connectivity index (χ0n) is 20.7. The second-order valence-corrected chi connectivity index (χ2v) is 9.43. The second kappa shape index (κ2) is 10.1. The fraction of sp³-hybridized carbons (Fsp3) is 0.259. The second-order valence-electron chi connectivity index (χ2n) is 9.02. The van der Waals surface area contributed by atoms with Crippen LogP contribution in [-0.2, 0) is 25.4 Å². The van der Waals surface area contributed by atoms with Gasteiger partial charge in [-0.05, 0) is 23.3 Å². The molecule has 0 N–H and O–H groups in total. The van der Waals surface area contributed by atoms with E-state index in [4.69, 9.17) is 16.6 Å². The Kier molecular flexibility index (Phi) is 6.71. The van der Waals surface area contributed by atoms with Crippen LogP contribution in [0.15, 0.2) is 70.3 Å². The molecule has 0 spiro atoms. The van der Waals surface area contributed by atoms with Gasteiger partial charge in [0.1, 0.15) is 0 Å². The Morgan fingerprint density at radius 1 is 0.946 bits per heavy atom. The third kappa shape index (κ3) is 4.70. The molecule has 0 atom stereocenters. The van der Waals surface area contributed by atoms with Crippen LogP contribution in [0, 0.1) is 0 Å². The lowest BCUT2D eigenvalue weighted by Gasteiger charge is -2.35. The lowest BCUT2D eigenvalue weighted by molar-refractivity contribution is -0.126. The van der Waals surface area contributed by atoms with E-state index >= 15 is 0 Å². The molecular weight excluding hydrogens is 492 g/mol. The lowest BCUT2D eigenvalue weighted by Crippen LogP contribution is -2.49. The van der Waals surface area contributed by atoms with E-state index in [0.717, 1.165) is 15.7 Å². The molecule has 0 saturated carbocycles. The van der Waals surface area contributed by atoms with Gasteiger partial charge in [0.2, 0.25) is 11.9 Å². The highest BCUT2D eigenvalue weighted by atomic mass is 35.5. The van der Waals surface area contributed by atoms with Crippen molar-refractivity contribution in [1.29, 1.82) is 0 Å². The van der Waals surface area contributed by atoms with Crippen molar-refractivity contribution >= 4 is 40.7 Å². The van der Waals surface area contributed by atoms with Gasteiger partial charge in [-0.15, -0.1) is 0 Å². The van der Waals surface area contributed by atoms with Crippen molar-refractivity contribution in [2.24, 2.45) is 14.1 Å². The van der Waals surface area contributed by atoms with Crippen molar-refractivity contribution in [1.82, 2.24) is 23.6 Å². The number of amides is 1. The van der Waals surface area contributed by atoms with Crippen LogP contribution in [0.1, 0.15) is 11.1 Å². The fourth-order valence-corrected chi connectivity index (χ4v) is 4.78. The Morgan fingerprint density at radius 2 is 1.62 bits per heavy atom. The van der Waals surface area contributed by atoms with Crippen LogP contribution in [0.25, 0.3) is 17.2 Å². The molecule has 2 aromatic carbocycles. The summed E-state index contributed by atoms with van der Waals surface area (Å²) < 4.78 is 4.30. The summed E-state index contributed by atoms with van der Waals surface area (Å²) in [6.45, 7) is 2.39. The predicted octanol–water partition coefficient (Wildman–Crippen LogP) is 2.50. The van der Waals surface area contributed by atoms with Crippen molar-refractivity contribution in [3.8, 4) is 0 Å². The molecule has 3 heterocycles. The number of fused-ring (bicyclic) bond motifs is 1. The van der Waals surface area contributed by atoms with Crippen LogP contribution < -0.4 is 16.1 Å². The van der Waals surface area contributed by atoms with E-state index in [1.165, 1.54) is 11.6 Å². The van der Waals surface area contributed by atoms with Crippen molar-refractivity contribution in [3.63, 3.8) is 0 Å². The molecule has 1 fully saturated rings. The number of hydrogen-bond acceptors (Lipinski definition) is 5. The number of aryl methyl sites for hydroxylation is 1. The van der Waals surface area contributed by atoms with Gasteiger partial charge in [0.05, 0.1) is 6.54 Å². The molecule has 4 aromatic rings. The summed E-state index contributed by atoms with van der Waals surface area (Å²) in [5.74, 6) is 0.518. The number of hydrogen-bond donors (Lipinski definition) is 0. The first-order valence-corrected chi connectivity index (χ1v) is 12.4. The molecule has 1 aliphatic rings. The summed E-state index contributed by atoms with van der Waals surface area (Å²) in [7, 11) is 3.07. The average Bonchev–Trinajstić information content (AvgIpc) is 3.30. The Morgan fingerprint density at radius 3 is 2.32 bits per heavy atom. The minimum Gasteiger partial charge on any atom is -0.339 e. The zero-order chi connectivity index (χ0) is 26.1. The molecule has 1 aliphatic heterocycles. The normalized spacial score (nSPS) is 14.1. The molecule has 1 saturated heterocycles. The molecule has 190 valence electrons. The lowest BCUT2D eigenvalue weighted by atomic mass is 10.2. The number of anilines is 1. The summed E-state index contributed by atoms with van der Waals surface area (Å²) in [4.78, 5) is 47.1. The standard InChI is InChI=1S/C27H27ClN6O3/c1-30-24-23(25(36)31(2)27(30)37)34(18-20-10-6-7-11-21(20)28)26(29-24)33-16-14-32(15-17-33)22(35)13-12-19-8-4-3-5-9-19/h3-13H,14-18H2,1-2H3/b13-12+. The van der Waals surface area contributed by atoms with E-state index in [9.17, 15) is 14.4 Å².